The SMILES string of the molecule is CC(CCCC(C)(C)N=C=S)CCNC=O. The molecule has 0 bridgehead atoms. The van der Waals surface area contributed by atoms with Crippen LogP contribution in [0.25, 0.3) is 0 Å². The summed E-state index contributed by atoms with van der Waals surface area (Å²) in [4.78, 5) is 14.2. The molecule has 0 heterocycles. The average Bonchev–Trinajstić information content (AvgIpc) is 2.17. The molecule has 1 unspecified atom stereocenters. The molecule has 0 saturated heterocycles. The molecule has 3 nitrogen and oxygen atoms in total. The molecule has 0 saturated carbocycles. The number of aliphatic imine (C=N–C) groups is 1. The van der Waals surface area contributed by atoms with E-state index in [1.165, 1.54) is 0 Å². The smallest absolute Gasteiger partial charge is 0.207 e. The van der Waals surface area contributed by atoms with Gasteiger partial charge in [0.1, 0.15) is 0 Å². The highest BCUT2D eigenvalue weighted by molar-refractivity contribution is 7.78. The van der Waals surface area contributed by atoms with E-state index in [2.05, 4.69) is 48.5 Å². The number of thiocarbonyl (C=S) groups is 1. The van der Waals surface area contributed by atoms with E-state index >= 15 is 0 Å². The molecule has 0 aromatic carbocycles. The number of hydrogen-bond donors (Lipinski definition) is 1. The summed E-state index contributed by atoms with van der Waals surface area (Å²) in [6.45, 7) is 7.13. The molecule has 0 aliphatic carbocycles. The molecule has 0 aromatic rings. The Morgan fingerprint density at radius 1 is 1.50 bits per heavy atom. The van der Waals surface area contributed by atoms with Gasteiger partial charge >= 0.3 is 0 Å². The van der Waals surface area contributed by atoms with Crippen LogP contribution in [0.2, 0.25) is 0 Å². The standard InChI is InChI=1S/C12H22N2OS/c1-11(6-8-13-9-15)5-4-7-12(2,3)14-10-16/h9,11H,4-8H2,1-3H3,(H,13,15). The Morgan fingerprint density at radius 3 is 2.75 bits per heavy atom. The van der Waals surface area contributed by atoms with Crippen molar-refractivity contribution in [2.75, 3.05) is 6.54 Å². The van der Waals surface area contributed by atoms with Crippen molar-refractivity contribution >= 4 is 23.8 Å². The lowest BCUT2D eigenvalue weighted by Gasteiger charge is -2.18. The topological polar surface area (TPSA) is 41.5 Å². The summed E-state index contributed by atoms with van der Waals surface area (Å²) < 4.78 is 0. The summed E-state index contributed by atoms with van der Waals surface area (Å²) in [5, 5.41) is 5.13. The zero-order valence-corrected chi connectivity index (χ0v) is 11.3. The lowest BCUT2D eigenvalue weighted by molar-refractivity contribution is -0.109. The predicted octanol–water partition coefficient (Wildman–Crippen LogP) is 2.81. The predicted molar refractivity (Wildman–Crippen MR) is 70.8 cm³/mol. The molecule has 0 aliphatic rings. The van der Waals surface area contributed by atoms with Crippen molar-refractivity contribution in [3.63, 3.8) is 0 Å². The first kappa shape index (κ1) is 15.3. The molecular formula is C12H22N2OS. The first-order chi connectivity index (χ1) is 7.52. The van der Waals surface area contributed by atoms with Gasteiger partial charge in [-0.05, 0) is 44.8 Å². The van der Waals surface area contributed by atoms with Crippen molar-refractivity contribution in [1.29, 1.82) is 0 Å². The fraction of sp³-hybridized carbons (Fsp3) is 0.833. The molecule has 16 heavy (non-hydrogen) atoms. The van der Waals surface area contributed by atoms with E-state index in [4.69, 9.17) is 0 Å². The van der Waals surface area contributed by atoms with Crippen LogP contribution >= 0.6 is 12.2 Å². The number of carbonyl (C=O) groups excluding carboxylic acids is 1. The van der Waals surface area contributed by atoms with Crippen molar-refractivity contribution in [1.82, 2.24) is 5.32 Å². The zero-order chi connectivity index (χ0) is 12.4. The molecule has 0 aliphatic heterocycles. The van der Waals surface area contributed by atoms with Gasteiger partial charge in [0, 0.05) is 6.54 Å². The summed E-state index contributed by atoms with van der Waals surface area (Å²) in [7, 11) is 0. The minimum Gasteiger partial charge on any atom is -0.359 e. The van der Waals surface area contributed by atoms with Crippen LogP contribution in [0.5, 0.6) is 0 Å². The van der Waals surface area contributed by atoms with Crippen LogP contribution in [-0.2, 0) is 4.79 Å². The fourth-order valence-corrected chi connectivity index (χ4v) is 1.84. The molecule has 1 atom stereocenters. The Kier molecular flexibility index (Phi) is 8.04. The van der Waals surface area contributed by atoms with Gasteiger partial charge in [-0.2, -0.15) is 0 Å². The molecule has 1 amide bonds. The lowest BCUT2D eigenvalue weighted by Crippen LogP contribution is -2.17. The summed E-state index contributed by atoms with van der Waals surface area (Å²) in [5.41, 5.74) is -0.0808. The average molecular weight is 242 g/mol. The Hall–Kier alpha value is -0.730. The third kappa shape index (κ3) is 8.57. The van der Waals surface area contributed by atoms with Gasteiger partial charge in [-0.3, -0.25) is 4.79 Å². The lowest BCUT2D eigenvalue weighted by atomic mass is 9.93. The highest BCUT2D eigenvalue weighted by Crippen LogP contribution is 2.20. The number of hydrogen-bond acceptors (Lipinski definition) is 3. The number of rotatable bonds is 9. The molecule has 0 fully saturated rings. The largest absolute Gasteiger partial charge is 0.359 e. The van der Waals surface area contributed by atoms with Crippen molar-refractivity contribution < 1.29 is 4.79 Å². The van der Waals surface area contributed by atoms with E-state index in [0.29, 0.717) is 5.92 Å². The second-order valence-corrected chi connectivity index (χ2v) is 5.06. The van der Waals surface area contributed by atoms with E-state index in [1.807, 2.05) is 0 Å². The molecule has 0 rings (SSSR count). The van der Waals surface area contributed by atoms with E-state index in [9.17, 15) is 4.79 Å². The number of carbonyl (C=O) groups is 1. The van der Waals surface area contributed by atoms with Gasteiger partial charge in [-0.25, -0.2) is 4.99 Å². The Balaban J connectivity index is 3.64. The van der Waals surface area contributed by atoms with E-state index in [0.717, 1.165) is 38.6 Å². The Morgan fingerprint density at radius 2 is 2.19 bits per heavy atom. The monoisotopic (exact) mass is 242 g/mol. The normalized spacial score (nSPS) is 12.7. The summed E-state index contributed by atoms with van der Waals surface area (Å²) in [6, 6.07) is 0. The fourth-order valence-electron chi connectivity index (χ4n) is 1.60. The molecular weight excluding hydrogens is 220 g/mol. The van der Waals surface area contributed by atoms with Gasteiger partial charge in [0.15, 0.2) is 0 Å². The summed E-state index contributed by atoms with van der Waals surface area (Å²) >= 11 is 4.61. The first-order valence-electron chi connectivity index (χ1n) is 5.78. The minimum atomic E-state index is -0.0808. The van der Waals surface area contributed by atoms with E-state index in [1.54, 1.807) is 0 Å². The molecule has 0 aromatic heterocycles. The third-order valence-electron chi connectivity index (χ3n) is 2.70. The maximum absolute atomic E-state index is 10.1. The van der Waals surface area contributed by atoms with Crippen molar-refractivity contribution in [2.24, 2.45) is 10.9 Å². The third-order valence-corrected chi connectivity index (χ3v) is 2.79. The van der Waals surface area contributed by atoms with Crippen LogP contribution in [0, 0.1) is 5.92 Å². The number of amides is 1. The van der Waals surface area contributed by atoms with Crippen molar-refractivity contribution in [2.45, 2.75) is 52.0 Å². The summed E-state index contributed by atoms with van der Waals surface area (Å²) in [6.07, 6.45) is 5.12. The minimum absolute atomic E-state index is 0.0808. The molecule has 0 radical (unpaired) electrons. The van der Waals surface area contributed by atoms with E-state index in [-0.39, 0.29) is 5.54 Å². The van der Waals surface area contributed by atoms with Crippen molar-refractivity contribution in [3.05, 3.63) is 0 Å². The van der Waals surface area contributed by atoms with Crippen LogP contribution in [0.3, 0.4) is 0 Å². The number of isothiocyanates is 1. The maximum atomic E-state index is 10.1. The Labute approximate surface area is 104 Å². The Bertz CT molecular complexity index is 247. The van der Waals surface area contributed by atoms with Gasteiger partial charge in [0.25, 0.3) is 0 Å². The van der Waals surface area contributed by atoms with Crippen LogP contribution < -0.4 is 5.32 Å². The molecule has 0 spiro atoms. The quantitative estimate of drug-likeness (QED) is 0.292. The maximum Gasteiger partial charge on any atom is 0.207 e. The van der Waals surface area contributed by atoms with E-state index < -0.39 is 0 Å². The van der Waals surface area contributed by atoms with Crippen LogP contribution in [-0.4, -0.2) is 23.7 Å². The first-order valence-corrected chi connectivity index (χ1v) is 6.18. The molecule has 92 valence electrons. The zero-order valence-electron chi connectivity index (χ0n) is 10.5. The van der Waals surface area contributed by atoms with Gasteiger partial charge < -0.3 is 5.32 Å². The van der Waals surface area contributed by atoms with Crippen LogP contribution in [0.15, 0.2) is 4.99 Å². The van der Waals surface area contributed by atoms with Gasteiger partial charge in [0.05, 0.1) is 10.7 Å². The second kappa shape index (κ2) is 8.43. The second-order valence-electron chi connectivity index (χ2n) is 4.87. The van der Waals surface area contributed by atoms with Gasteiger partial charge in [-0.15, -0.1) is 0 Å². The molecule has 1 N–H and O–H groups in total. The molecule has 4 heteroatoms. The van der Waals surface area contributed by atoms with Crippen LogP contribution in [0.1, 0.15) is 46.5 Å². The highest BCUT2D eigenvalue weighted by atomic mass is 32.1. The summed E-state index contributed by atoms with van der Waals surface area (Å²) in [5.74, 6) is 0.639. The number of nitrogens with zero attached hydrogens (tertiary/aromatic N) is 1. The van der Waals surface area contributed by atoms with Gasteiger partial charge in [0.2, 0.25) is 6.41 Å². The number of nitrogens with one attached hydrogen (secondary N) is 1. The highest BCUT2D eigenvalue weighted by Gasteiger charge is 2.15. The van der Waals surface area contributed by atoms with Crippen LogP contribution in [0.4, 0.5) is 0 Å². The van der Waals surface area contributed by atoms with Crippen molar-refractivity contribution in [3.8, 4) is 0 Å². The van der Waals surface area contributed by atoms with Gasteiger partial charge in [-0.1, -0.05) is 19.8 Å².